The summed E-state index contributed by atoms with van der Waals surface area (Å²) in [6.07, 6.45) is 16.6. The number of hydrogen-bond donors (Lipinski definition) is 0. The van der Waals surface area contributed by atoms with Crippen LogP contribution in [-0.4, -0.2) is 17.3 Å². The Morgan fingerprint density at radius 1 is 0.929 bits per heavy atom. The Morgan fingerprint density at radius 3 is 2.00 bits per heavy atom. The summed E-state index contributed by atoms with van der Waals surface area (Å²) in [6.45, 7) is 0.843. The third-order valence-electron chi connectivity index (χ3n) is 2.22. The van der Waals surface area contributed by atoms with E-state index < -0.39 is 0 Å². The third kappa shape index (κ3) is 1.83. The van der Waals surface area contributed by atoms with Gasteiger partial charge in [-0.05, 0) is 24.3 Å². The lowest BCUT2D eigenvalue weighted by Gasteiger charge is -2.24. The van der Waals surface area contributed by atoms with Gasteiger partial charge in [-0.15, -0.1) is 11.6 Å². The number of fused-ring (bicyclic) bond motifs is 2. The predicted molar refractivity (Wildman–Crippen MR) is 61.0 cm³/mol. The van der Waals surface area contributed by atoms with Crippen molar-refractivity contribution in [2.24, 2.45) is 0 Å². The highest BCUT2D eigenvalue weighted by Gasteiger charge is 2.11. The van der Waals surface area contributed by atoms with Gasteiger partial charge in [0.2, 0.25) is 0 Å². The Bertz CT molecular complexity index is 327. The average Bonchev–Trinajstić information content (AvgIpc) is 2.50. The largest absolute Gasteiger partial charge is 0.340 e. The molecule has 0 saturated carbocycles. The Balaban J connectivity index is 2.39. The van der Waals surface area contributed by atoms with Crippen LogP contribution < -0.4 is 0 Å². The average molecular weight is 206 g/mol. The summed E-state index contributed by atoms with van der Waals surface area (Å²) >= 11 is 5.79. The second-order valence-corrected chi connectivity index (χ2v) is 3.50. The standard InChI is InChI=1S/C12H12ClN/c13-9-10-14-11-5-1-2-6-12(14)8-4-3-7-11/h1-8H,9-10H2. The van der Waals surface area contributed by atoms with Crippen molar-refractivity contribution in [2.45, 2.75) is 0 Å². The normalized spacial score (nSPS) is 18.8. The molecule has 0 fully saturated rings. The molecule has 2 heterocycles. The fraction of sp³-hybridized carbons (Fsp3) is 0.167. The molecule has 0 N–H and O–H groups in total. The summed E-state index contributed by atoms with van der Waals surface area (Å²) in [5, 5.41) is 0. The van der Waals surface area contributed by atoms with Crippen molar-refractivity contribution in [1.82, 2.24) is 4.90 Å². The summed E-state index contributed by atoms with van der Waals surface area (Å²) in [7, 11) is 0. The van der Waals surface area contributed by atoms with Gasteiger partial charge in [0.1, 0.15) is 0 Å². The number of allylic oxidation sites excluding steroid dienone is 8. The molecule has 0 saturated heterocycles. The molecule has 0 radical (unpaired) electrons. The van der Waals surface area contributed by atoms with Crippen molar-refractivity contribution >= 4 is 11.6 Å². The quantitative estimate of drug-likeness (QED) is 0.627. The molecule has 72 valence electrons. The molecule has 0 aromatic rings. The molecule has 1 nitrogen and oxygen atoms in total. The van der Waals surface area contributed by atoms with Gasteiger partial charge in [0.15, 0.2) is 0 Å². The highest BCUT2D eigenvalue weighted by atomic mass is 35.5. The molecule has 2 rings (SSSR count). The molecule has 0 aromatic carbocycles. The lowest BCUT2D eigenvalue weighted by atomic mass is 10.3. The van der Waals surface area contributed by atoms with Crippen LogP contribution in [0.25, 0.3) is 0 Å². The van der Waals surface area contributed by atoms with Gasteiger partial charge in [-0.25, -0.2) is 0 Å². The van der Waals surface area contributed by atoms with E-state index in [0.717, 1.165) is 6.54 Å². The number of rotatable bonds is 2. The van der Waals surface area contributed by atoms with E-state index >= 15 is 0 Å². The first-order valence-corrected chi connectivity index (χ1v) is 5.22. The van der Waals surface area contributed by atoms with Gasteiger partial charge in [0, 0.05) is 23.8 Å². The van der Waals surface area contributed by atoms with Crippen LogP contribution in [-0.2, 0) is 0 Å². The van der Waals surface area contributed by atoms with Crippen molar-refractivity contribution in [3.05, 3.63) is 60.0 Å². The van der Waals surface area contributed by atoms with Crippen molar-refractivity contribution in [3.8, 4) is 0 Å². The van der Waals surface area contributed by atoms with Gasteiger partial charge in [0.25, 0.3) is 0 Å². The van der Waals surface area contributed by atoms with Crippen LogP contribution in [0, 0.1) is 0 Å². The van der Waals surface area contributed by atoms with Crippen LogP contribution in [0.1, 0.15) is 0 Å². The van der Waals surface area contributed by atoms with E-state index in [9.17, 15) is 0 Å². The lowest BCUT2D eigenvalue weighted by molar-refractivity contribution is 0.483. The Labute approximate surface area is 89.4 Å². The molecule has 2 bridgehead atoms. The zero-order chi connectivity index (χ0) is 9.80. The van der Waals surface area contributed by atoms with E-state index in [1.54, 1.807) is 0 Å². The summed E-state index contributed by atoms with van der Waals surface area (Å²) in [6, 6.07) is 0. The van der Waals surface area contributed by atoms with Crippen LogP contribution in [0.4, 0.5) is 0 Å². The highest BCUT2D eigenvalue weighted by Crippen LogP contribution is 2.21. The topological polar surface area (TPSA) is 3.24 Å². The fourth-order valence-electron chi connectivity index (χ4n) is 1.58. The lowest BCUT2D eigenvalue weighted by Crippen LogP contribution is -2.22. The number of hydrogen-bond acceptors (Lipinski definition) is 1. The zero-order valence-electron chi connectivity index (χ0n) is 7.86. The summed E-state index contributed by atoms with van der Waals surface area (Å²) in [5.41, 5.74) is 2.38. The van der Waals surface area contributed by atoms with E-state index in [1.165, 1.54) is 11.4 Å². The van der Waals surface area contributed by atoms with Crippen LogP contribution in [0.3, 0.4) is 0 Å². The third-order valence-corrected chi connectivity index (χ3v) is 2.39. The molecule has 0 aliphatic carbocycles. The predicted octanol–water partition coefficient (Wildman–Crippen LogP) is 2.99. The molecule has 0 aromatic heterocycles. The van der Waals surface area contributed by atoms with Gasteiger partial charge in [-0.3, -0.25) is 0 Å². The Morgan fingerprint density at radius 2 is 1.50 bits per heavy atom. The first-order valence-electron chi connectivity index (χ1n) is 4.69. The minimum Gasteiger partial charge on any atom is -0.340 e. The molecule has 0 amide bonds. The number of alkyl halides is 1. The van der Waals surface area contributed by atoms with Crippen molar-refractivity contribution < 1.29 is 0 Å². The van der Waals surface area contributed by atoms with Crippen molar-refractivity contribution in [1.29, 1.82) is 0 Å². The van der Waals surface area contributed by atoms with Gasteiger partial charge in [0.05, 0.1) is 0 Å². The maximum Gasteiger partial charge on any atom is 0.0411 e. The smallest absolute Gasteiger partial charge is 0.0411 e. The van der Waals surface area contributed by atoms with Crippen LogP contribution in [0.5, 0.6) is 0 Å². The second kappa shape index (κ2) is 4.34. The van der Waals surface area contributed by atoms with E-state index in [0.29, 0.717) is 5.88 Å². The van der Waals surface area contributed by atoms with Crippen LogP contribution in [0.2, 0.25) is 0 Å². The Kier molecular flexibility index (Phi) is 2.90. The Hall–Kier alpha value is -1.21. The molecule has 2 heteroatoms. The number of nitrogens with zero attached hydrogens (tertiary/aromatic N) is 1. The van der Waals surface area contributed by atoms with E-state index in [2.05, 4.69) is 29.2 Å². The summed E-state index contributed by atoms with van der Waals surface area (Å²) in [5.74, 6) is 0.635. The molecule has 2 aliphatic heterocycles. The molecule has 2 aliphatic rings. The van der Waals surface area contributed by atoms with E-state index in [4.69, 9.17) is 11.6 Å². The first-order chi connectivity index (χ1) is 6.92. The zero-order valence-corrected chi connectivity index (χ0v) is 8.61. The SMILES string of the molecule is ClCCN1C2=CC=CC=C1C=CC=C2. The van der Waals surface area contributed by atoms with Gasteiger partial charge >= 0.3 is 0 Å². The maximum absolute atomic E-state index is 5.79. The van der Waals surface area contributed by atoms with Crippen LogP contribution >= 0.6 is 11.6 Å². The minimum atomic E-state index is 0.635. The summed E-state index contributed by atoms with van der Waals surface area (Å²) < 4.78 is 0. The summed E-state index contributed by atoms with van der Waals surface area (Å²) in [4.78, 5) is 2.22. The van der Waals surface area contributed by atoms with Gasteiger partial charge < -0.3 is 4.90 Å². The molecule has 0 spiro atoms. The van der Waals surface area contributed by atoms with Crippen LogP contribution in [0.15, 0.2) is 60.0 Å². The van der Waals surface area contributed by atoms with Crippen molar-refractivity contribution in [3.63, 3.8) is 0 Å². The second-order valence-electron chi connectivity index (χ2n) is 3.13. The maximum atomic E-state index is 5.79. The minimum absolute atomic E-state index is 0.635. The fourth-order valence-corrected chi connectivity index (χ4v) is 1.75. The van der Waals surface area contributed by atoms with Crippen molar-refractivity contribution in [2.75, 3.05) is 12.4 Å². The highest BCUT2D eigenvalue weighted by molar-refractivity contribution is 6.18. The molecule has 14 heavy (non-hydrogen) atoms. The molecule has 0 atom stereocenters. The monoisotopic (exact) mass is 205 g/mol. The number of halogens is 1. The first kappa shape index (κ1) is 9.35. The van der Waals surface area contributed by atoms with Gasteiger partial charge in [-0.1, -0.05) is 24.3 Å². The van der Waals surface area contributed by atoms with E-state index in [-0.39, 0.29) is 0 Å². The molecular formula is C12H12ClN. The van der Waals surface area contributed by atoms with E-state index in [1.807, 2.05) is 24.3 Å². The molecular weight excluding hydrogens is 194 g/mol. The van der Waals surface area contributed by atoms with Gasteiger partial charge in [-0.2, -0.15) is 0 Å². The molecule has 0 unspecified atom stereocenters.